The van der Waals surface area contributed by atoms with E-state index in [0.29, 0.717) is 17.9 Å². The van der Waals surface area contributed by atoms with Crippen LogP contribution in [0.2, 0.25) is 0 Å². The highest BCUT2D eigenvalue weighted by atomic mass is 16.6. The molecule has 7 heteroatoms. The second-order valence-electron chi connectivity index (χ2n) is 3.66. The molecule has 2 rings (SSSR count). The predicted molar refractivity (Wildman–Crippen MR) is 66.9 cm³/mol. The number of rotatable bonds is 5. The van der Waals surface area contributed by atoms with Gasteiger partial charge in [-0.05, 0) is 12.1 Å². The number of nitrogens with one attached hydrogen (secondary N) is 2. The first-order valence-corrected chi connectivity index (χ1v) is 5.20. The molecule has 0 atom stereocenters. The molecule has 0 saturated carbocycles. The first kappa shape index (κ1) is 11.9. The Hall–Kier alpha value is -2.54. The van der Waals surface area contributed by atoms with Crippen LogP contribution in [0, 0.1) is 10.1 Å². The van der Waals surface area contributed by atoms with E-state index < -0.39 is 4.92 Å². The molecule has 0 amide bonds. The molecule has 0 fully saturated rings. The standard InChI is InChI=1S/C11H12N4O3/c12-14-10-3-9(4-11(5-10)15(16)17)13-6-8-1-2-18-7-8/h1-5,7,13-14H,6,12H2. The lowest BCUT2D eigenvalue weighted by atomic mass is 10.2. The zero-order valence-electron chi connectivity index (χ0n) is 9.42. The van der Waals surface area contributed by atoms with Crippen molar-refractivity contribution in [1.29, 1.82) is 0 Å². The zero-order valence-corrected chi connectivity index (χ0v) is 9.42. The zero-order chi connectivity index (χ0) is 13.0. The number of nitrogens with zero attached hydrogens (tertiary/aromatic N) is 1. The topological polar surface area (TPSA) is 106 Å². The molecule has 1 aromatic carbocycles. The first-order chi connectivity index (χ1) is 8.69. The van der Waals surface area contributed by atoms with Crippen molar-refractivity contribution in [2.75, 3.05) is 10.7 Å². The van der Waals surface area contributed by atoms with E-state index in [-0.39, 0.29) is 5.69 Å². The fraction of sp³-hybridized carbons (Fsp3) is 0.0909. The Labute approximate surface area is 103 Å². The lowest BCUT2D eigenvalue weighted by Gasteiger charge is -2.07. The van der Waals surface area contributed by atoms with Crippen LogP contribution >= 0.6 is 0 Å². The smallest absolute Gasteiger partial charge is 0.273 e. The summed E-state index contributed by atoms with van der Waals surface area (Å²) in [5.41, 5.74) is 4.39. The summed E-state index contributed by atoms with van der Waals surface area (Å²) in [6.07, 6.45) is 3.17. The predicted octanol–water partition coefficient (Wildman–Crippen LogP) is 2.09. The van der Waals surface area contributed by atoms with Gasteiger partial charge in [0.1, 0.15) is 0 Å². The molecule has 0 aliphatic carbocycles. The average molecular weight is 248 g/mol. The van der Waals surface area contributed by atoms with Crippen LogP contribution in [0.5, 0.6) is 0 Å². The summed E-state index contributed by atoms with van der Waals surface area (Å²) in [5, 5.41) is 13.8. The van der Waals surface area contributed by atoms with E-state index in [9.17, 15) is 10.1 Å². The number of furan rings is 1. The lowest BCUT2D eigenvalue weighted by molar-refractivity contribution is -0.384. The summed E-state index contributed by atoms with van der Waals surface area (Å²) >= 11 is 0. The van der Waals surface area contributed by atoms with Gasteiger partial charge in [0.15, 0.2) is 0 Å². The van der Waals surface area contributed by atoms with E-state index >= 15 is 0 Å². The number of benzene rings is 1. The van der Waals surface area contributed by atoms with Crippen molar-refractivity contribution in [2.24, 2.45) is 5.84 Å². The fourth-order valence-electron chi connectivity index (χ4n) is 1.50. The maximum atomic E-state index is 10.7. The highest BCUT2D eigenvalue weighted by molar-refractivity contribution is 5.63. The van der Waals surface area contributed by atoms with Gasteiger partial charge in [0.05, 0.1) is 23.1 Å². The Morgan fingerprint density at radius 2 is 2.11 bits per heavy atom. The van der Waals surface area contributed by atoms with Gasteiger partial charge >= 0.3 is 0 Å². The van der Waals surface area contributed by atoms with Crippen molar-refractivity contribution >= 4 is 17.1 Å². The third kappa shape index (κ3) is 2.77. The quantitative estimate of drug-likeness (QED) is 0.425. The monoisotopic (exact) mass is 248 g/mol. The van der Waals surface area contributed by atoms with E-state index in [2.05, 4.69) is 10.7 Å². The van der Waals surface area contributed by atoms with Crippen molar-refractivity contribution in [1.82, 2.24) is 0 Å². The lowest BCUT2D eigenvalue weighted by Crippen LogP contribution is -2.08. The highest BCUT2D eigenvalue weighted by Crippen LogP contribution is 2.24. The van der Waals surface area contributed by atoms with Gasteiger partial charge in [-0.2, -0.15) is 0 Å². The van der Waals surface area contributed by atoms with Crippen LogP contribution in [-0.4, -0.2) is 4.92 Å². The number of nitro groups is 1. The summed E-state index contributed by atoms with van der Waals surface area (Å²) in [6.45, 7) is 0.516. The molecule has 0 saturated heterocycles. The van der Waals surface area contributed by atoms with Crippen LogP contribution < -0.4 is 16.6 Å². The molecule has 0 unspecified atom stereocenters. The van der Waals surface area contributed by atoms with Gasteiger partial charge in [-0.25, -0.2) is 0 Å². The number of non-ortho nitro benzene ring substituents is 1. The van der Waals surface area contributed by atoms with Gasteiger partial charge in [-0.15, -0.1) is 0 Å². The summed E-state index contributed by atoms with van der Waals surface area (Å²) in [7, 11) is 0. The van der Waals surface area contributed by atoms with Crippen molar-refractivity contribution in [3.63, 3.8) is 0 Å². The van der Waals surface area contributed by atoms with Gasteiger partial charge in [-0.3, -0.25) is 16.0 Å². The summed E-state index contributed by atoms with van der Waals surface area (Å²) in [5.74, 6) is 5.26. The second kappa shape index (κ2) is 5.19. The number of hydrogen-bond donors (Lipinski definition) is 3. The molecule has 0 aliphatic heterocycles. The molecule has 0 aliphatic rings. The fourth-order valence-corrected chi connectivity index (χ4v) is 1.50. The van der Waals surface area contributed by atoms with E-state index in [1.165, 1.54) is 12.1 Å². The van der Waals surface area contributed by atoms with Gasteiger partial charge in [-0.1, -0.05) is 0 Å². The van der Waals surface area contributed by atoms with E-state index in [1.807, 2.05) is 6.07 Å². The second-order valence-corrected chi connectivity index (χ2v) is 3.66. The first-order valence-electron chi connectivity index (χ1n) is 5.20. The minimum Gasteiger partial charge on any atom is -0.472 e. The average Bonchev–Trinajstić information content (AvgIpc) is 2.89. The van der Waals surface area contributed by atoms with Crippen LogP contribution in [-0.2, 0) is 6.54 Å². The van der Waals surface area contributed by atoms with Crippen molar-refractivity contribution < 1.29 is 9.34 Å². The van der Waals surface area contributed by atoms with Crippen molar-refractivity contribution in [3.05, 3.63) is 52.5 Å². The maximum Gasteiger partial charge on any atom is 0.273 e. The van der Waals surface area contributed by atoms with E-state index in [4.69, 9.17) is 10.3 Å². The summed E-state index contributed by atoms with van der Waals surface area (Å²) < 4.78 is 4.93. The Bertz CT molecular complexity index is 539. The Kier molecular flexibility index (Phi) is 3.44. The number of hydrogen-bond acceptors (Lipinski definition) is 6. The molecule has 1 heterocycles. The van der Waals surface area contributed by atoms with Gasteiger partial charge in [0.25, 0.3) is 5.69 Å². The minimum atomic E-state index is -0.468. The number of nitrogens with two attached hydrogens (primary N) is 1. The Balaban J connectivity index is 2.16. The third-order valence-electron chi connectivity index (χ3n) is 2.37. The third-order valence-corrected chi connectivity index (χ3v) is 2.37. The molecule has 1 aromatic heterocycles. The molecule has 94 valence electrons. The van der Waals surface area contributed by atoms with Crippen LogP contribution in [0.25, 0.3) is 0 Å². The van der Waals surface area contributed by atoms with Crippen LogP contribution in [0.15, 0.2) is 41.2 Å². The molecule has 0 spiro atoms. The minimum absolute atomic E-state index is 0.0276. The number of anilines is 2. The number of nitro benzene ring substituents is 1. The van der Waals surface area contributed by atoms with Gasteiger partial charge in [0, 0.05) is 29.9 Å². The normalized spacial score (nSPS) is 10.1. The van der Waals surface area contributed by atoms with Gasteiger partial charge in [0.2, 0.25) is 0 Å². The largest absolute Gasteiger partial charge is 0.472 e. The molecule has 4 N–H and O–H groups in total. The summed E-state index contributed by atoms with van der Waals surface area (Å²) in [6, 6.07) is 6.31. The number of nitrogen functional groups attached to an aromatic ring is 1. The van der Waals surface area contributed by atoms with Crippen LogP contribution in [0.1, 0.15) is 5.56 Å². The molecule has 7 nitrogen and oxygen atoms in total. The van der Waals surface area contributed by atoms with Crippen LogP contribution in [0.4, 0.5) is 17.1 Å². The Morgan fingerprint density at radius 1 is 1.33 bits per heavy atom. The molecular weight excluding hydrogens is 236 g/mol. The molecule has 0 radical (unpaired) electrons. The van der Waals surface area contributed by atoms with E-state index in [0.717, 1.165) is 5.56 Å². The molecule has 2 aromatic rings. The highest BCUT2D eigenvalue weighted by Gasteiger charge is 2.09. The van der Waals surface area contributed by atoms with Crippen LogP contribution in [0.3, 0.4) is 0 Å². The molecule has 0 bridgehead atoms. The van der Waals surface area contributed by atoms with Gasteiger partial charge < -0.3 is 15.2 Å². The number of hydrazine groups is 1. The molecular formula is C11H12N4O3. The Morgan fingerprint density at radius 3 is 2.72 bits per heavy atom. The SMILES string of the molecule is NNc1cc(NCc2ccoc2)cc([N+](=O)[O-])c1. The van der Waals surface area contributed by atoms with Crippen molar-refractivity contribution in [3.8, 4) is 0 Å². The molecule has 18 heavy (non-hydrogen) atoms. The maximum absolute atomic E-state index is 10.7. The van der Waals surface area contributed by atoms with E-state index in [1.54, 1.807) is 18.6 Å². The summed E-state index contributed by atoms with van der Waals surface area (Å²) in [4.78, 5) is 10.3. The van der Waals surface area contributed by atoms with Crippen molar-refractivity contribution in [2.45, 2.75) is 6.54 Å².